The van der Waals surface area contributed by atoms with Crippen LogP contribution in [0.1, 0.15) is 38.8 Å². The maximum Gasteiger partial charge on any atom is 0.446 e. The highest BCUT2D eigenvalue weighted by Crippen LogP contribution is 2.40. The first-order valence-electron chi connectivity index (χ1n) is 10.7. The molecule has 0 saturated carbocycles. The van der Waals surface area contributed by atoms with Gasteiger partial charge in [-0.25, -0.2) is 0 Å². The van der Waals surface area contributed by atoms with E-state index in [-0.39, 0.29) is 16.7 Å². The number of aldehydes is 1. The highest BCUT2D eigenvalue weighted by molar-refractivity contribution is 8.00. The van der Waals surface area contributed by atoms with Crippen molar-refractivity contribution in [3.63, 3.8) is 0 Å². The Bertz CT molecular complexity index is 993. The SMILES string of the molecule is CC(C)Cc1cnccc1CN1CN(c2ccc(SC(F)(F)F)cc2)C(C(=O)C=O)C1(C)C. The lowest BCUT2D eigenvalue weighted by Gasteiger charge is -2.34. The van der Waals surface area contributed by atoms with Gasteiger partial charge in [-0.15, -0.1) is 0 Å². The summed E-state index contributed by atoms with van der Waals surface area (Å²) in [7, 11) is 0. The van der Waals surface area contributed by atoms with Crippen LogP contribution in [0.3, 0.4) is 0 Å². The molecule has 1 aromatic carbocycles. The second-order valence-electron chi connectivity index (χ2n) is 9.17. The third-order valence-corrected chi connectivity index (χ3v) is 6.64. The summed E-state index contributed by atoms with van der Waals surface area (Å²) in [5.41, 5.74) is -2.23. The predicted octanol–water partition coefficient (Wildman–Crippen LogP) is 5.09. The van der Waals surface area contributed by atoms with E-state index in [2.05, 4.69) is 23.7 Å². The zero-order valence-corrected chi connectivity index (χ0v) is 19.9. The van der Waals surface area contributed by atoms with Crippen molar-refractivity contribution in [3.05, 3.63) is 53.9 Å². The number of ketones is 1. The van der Waals surface area contributed by atoms with Crippen molar-refractivity contribution >= 4 is 29.5 Å². The average Bonchev–Trinajstić information content (AvgIpc) is 2.98. The zero-order chi connectivity index (χ0) is 24.4. The predicted molar refractivity (Wildman–Crippen MR) is 123 cm³/mol. The number of rotatable bonds is 8. The van der Waals surface area contributed by atoms with E-state index in [1.165, 1.54) is 12.1 Å². The molecule has 178 valence electrons. The van der Waals surface area contributed by atoms with Crippen molar-refractivity contribution in [2.24, 2.45) is 5.92 Å². The van der Waals surface area contributed by atoms with Crippen molar-refractivity contribution in [2.45, 2.75) is 62.6 Å². The average molecular weight is 480 g/mol. The van der Waals surface area contributed by atoms with Gasteiger partial charge in [0.05, 0.1) is 6.67 Å². The molecular formula is C24H28F3N3O2S. The van der Waals surface area contributed by atoms with Crippen molar-refractivity contribution < 1.29 is 22.8 Å². The quantitative estimate of drug-likeness (QED) is 0.299. The number of thioether (sulfide) groups is 1. The maximum atomic E-state index is 12.7. The summed E-state index contributed by atoms with van der Waals surface area (Å²) in [6, 6.07) is 7.11. The highest BCUT2D eigenvalue weighted by Gasteiger charge is 2.50. The third kappa shape index (κ3) is 5.95. The minimum absolute atomic E-state index is 0.0648. The van der Waals surface area contributed by atoms with Crippen LogP contribution >= 0.6 is 11.8 Å². The number of pyridine rings is 1. The molecule has 0 radical (unpaired) electrons. The van der Waals surface area contributed by atoms with Crippen LogP contribution in [0, 0.1) is 5.92 Å². The molecule has 2 aromatic rings. The fourth-order valence-corrected chi connectivity index (χ4v) is 4.87. The summed E-state index contributed by atoms with van der Waals surface area (Å²) in [6.45, 7) is 9.01. The molecular weight excluding hydrogens is 451 g/mol. The number of Topliss-reactive ketones (excluding diaryl/α,β-unsaturated/α-hetero) is 1. The van der Waals surface area contributed by atoms with Gasteiger partial charge < -0.3 is 4.90 Å². The van der Waals surface area contributed by atoms with E-state index in [4.69, 9.17) is 0 Å². The lowest BCUT2D eigenvalue weighted by Crippen LogP contribution is -2.51. The second-order valence-corrected chi connectivity index (χ2v) is 10.3. The fourth-order valence-electron chi connectivity index (χ4n) is 4.33. The summed E-state index contributed by atoms with van der Waals surface area (Å²) < 4.78 is 38.1. The van der Waals surface area contributed by atoms with Gasteiger partial charge in [0.1, 0.15) is 6.04 Å². The molecule has 0 amide bonds. The van der Waals surface area contributed by atoms with Crippen LogP contribution in [0.2, 0.25) is 0 Å². The van der Waals surface area contributed by atoms with E-state index < -0.39 is 22.9 Å². The largest absolute Gasteiger partial charge is 0.446 e. The Hall–Kier alpha value is -2.39. The van der Waals surface area contributed by atoms with Crippen LogP contribution < -0.4 is 4.90 Å². The van der Waals surface area contributed by atoms with Crippen LogP contribution in [0.5, 0.6) is 0 Å². The van der Waals surface area contributed by atoms with Gasteiger partial charge in [0.25, 0.3) is 0 Å². The van der Waals surface area contributed by atoms with Gasteiger partial charge in [-0.2, -0.15) is 13.2 Å². The normalized spacial score (nSPS) is 18.7. The molecule has 3 rings (SSSR count). The van der Waals surface area contributed by atoms with E-state index in [1.807, 2.05) is 26.1 Å². The Morgan fingerprint density at radius 2 is 1.88 bits per heavy atom. The highest BCUT2D eigenvalue weighted by atomic mass is 32.2. The summed E-state index contributed by atoms with van der Waals surface area (Å²) in [5, 5.41) is 0. The number of hydrogen-bond donors (Lipinski definition) is 0. The first kappa shape index (κ1) is 25.2. The molecule has 0 N–H and O–H groups in total. The molecule has 1 aliphatic rings. The molecule has 33 heavy (non-hydrogen) atoms. The molecule has 9 heteroatoms. The number of carbonyl (C=O) groups excluding carboxylic acids is 2. The van der Waals surface area contributed by atoms with Crippen molar-refractivity contribution in [2.75, 3.05) is 11.6 Å². The van der Waals surface area contributed by atoms with Gasteiger partial charge in [-0.3, -0.25) is 19.5 Å². The number of benzene rings is 1. The van der Waals surface area contributed by atoms with Gasteiger partial charge in [0.2, 0.25) is 5.78 Å². The molecule has 1 saturated heterocycles. The molecule has 0 aliphatic carbocycles. The Morgan fingerprint density at radius 3 is 2.45 bits per heavy atom. The monoisotopic (exact) mass is 479 g/mol. The summed E-state index contributed by atoms with van der Waals surface area (Å²) in [4.78, 5) is 32.4. The first-order chi connectivity index (χ1) is 15.4. The number of halogens is 3. The number of nitrogens with zero attached hydrogens (tertiary/aromatic N) is 3. The minimum atomic E-state index is -4.37. The molecule has 1 aromatic heterocycles. The molecule has 1 aliphatic heterocycles. The standard InChI is InChI=1S/C24H28F3N3O2S/c1-16(2)11-18-12-28-10-9-17(18)13-29-15-30(22(21(32)14-31)23(29,3)4)19-5-7-20(8-6-19)33-24(25,26)27/h5-10,12,14,16,22H,11,13,15H2,1-4H3. The molecule has 5 nitrogen and oxygen atoms in total. The number of hydrogen-bond acceptors (Lipinski definition) is 6. The van der Waals surface area contributed by atoms with Crippen LogP contribution in [0.25, 0.3) is 0 Å². The fraction of sp³-hybridized carbons (Fsp3) is 0.458. The Balaban J connectivity index is 1.91. The van der Waals surface area contributed by atoms with Crippen molar-refractivity contribution in [1.29, 1.82) is 0 Å². The Morgan fingerprint density at radius 1 is 1.21 bits per heavy atom. The van der Waals surface area contributed by atoms with Gasteiger partial charge in [0, 0.05) is 35.1 Å². The first-order valence-corrected chi connectivity index (χ1v) is 11.5. The number of anilines is 1. The van der Waals surface area contributed by atoms with E-state index in [9.17, 15) is 22.8 Å². The third-order valence-electron chi connectivity index (χ3n) is 5.90. The lowest BCUT2D eigenvalue weighted by atomic mass is 9.90. The molecule has 0 bridgehead atoms. The van der Waals surface area contributed by atoms with E-state index in [0.29, 0.717) is 31.1 Å². The van der Waals surface area contributed by atoms with E-state index in [0.717, 1.165) is 17.5 Å². The number of aromatic nitrogens is 1. The van der Waals surface area contributed by atoms with Crippen LogP contribution in [-0.4, -0.2) is 45.7 Å². The Kier molecular flexibility index (Phi) is 7.53. The van der Waals surface area contributed by atoms with Crippen molar-refractivity contribution in [3.8, 4) is 0 Å². The maximum absolute atomic E-state index is 12.7. The topological polar surface area (TPSA) is 53.5 Å². The van der Waals surface area contributed by atoms with E-state index in [1.54, 1.807) is 23.2 Å². The summed E-state index contributed by atoms with van der Waals surface area (Å²) in [5.74, 6) is -0.109. The van der Waals surface area contributed by atoms with E-state index >= 15 is 0 Å². The minimum Gasteiger partial charge on any atom is -0.346 e. The van der Waals surface area contributed by atoms with Gasteiger partial charge in [0.15, 0.2) is 6.29 Å². The number of carbonyl (C=O) groups is 2. The van der Waals surface area contributed by atoms with Crippen LogP contribution in [0.15, 0.2) is 47.6 Å². The lowest BCUT2D eigenvalue weighted by molar-refractivity contribution is -0.131. The summed E-state index contributed by atoms with van der Waals surface area (Å²) >= 11 is -0.186. The second kappa shape index (κ2) is 9.85. The molecule has 1 atom stereocenters. The number of alkyl halides is 3. The van der Waals surface area contributed by atoms with Crippen molar-refractivity contribution in [1.82, 2.24) is 9.88 Å². The van der Waals surface area contributed by atoms with Crippen LogP contribution in [-0.2, 0) is 22.6 Å². The molecule has 1 fully saturated rings. The van der Waals surface area contributed by atoms with Gasteiger partial charge in [-0.1, -0.05) is 13.8 Å². The zero-order valence-electron chi connectivity index (χ0n) is 19.1. The van der Waals surface area contributed by atoms with Gasteiger partial charge in [-0.05, 0) is 79.4 Å². The molecule has 1 unspecified atom stereocenters. The smallest absolute Gasteiger partial charge is 0.346 e. The van der Waals surface area contributed by atoms with Gasteiger partial charge >= 0.3 is 5.51 Å². The Labute approximate surface area is 196 Å². The molecule has 2 heterocycles. The van der Waals surface area contributed by atoms with Crippen LogP contribution in [0.4, 0.5) is 18.9 Å². The summed E-state index contributed by atoms with van der Waals surface area (Å²) in [6.07, 6.45) is 4.80. The molecule has 0 spiro atoms.